The van der Waals surface area contributed by atoms with Crippen LogP contribution < -0.4 is 10.6 Å². The number of guanidine groups is 1. The highest BCUT2D eigenvalue weighted by atomic mass is 35.5. The predicted octanol–water partition coefficient (Wildman–Crippen LogP) is 3.26. The molecular weight excluding hydrogens is 282 g/mol. The van der Waals surface area contributed by atoms with Crippen LogP contribution in [0.3, 0.4) is 0 Å². The Labute approximate surface area is 131 Å². The molecule has 2 aliphatic rings. The predicted molar refractivity (Wildman–Crippen MR) is 89.0 cm³/mol. The number of nitrogens with one attached hydrogen (secondary N) is 2. The molecule has 0 unspecified atom stereocenters. The zero-order valence-electron chi connectivity index (χ0n) is 12.4. The molecule has 1 fully saturated rings. The van der Waals surface area contributed by atoms with Crippen molar-refractivity contribution in [2.45, 2.75) is 37.1 Å². The van der Waals surface area contributed by atoms with Crippen molar-refractivity contribution in [3.63, 3.8) is 0 Å². The average Bonchev–Trinajstić information content (AvgIpc) is 3.12. The quantitative estimate of drug-likeness (QED) is 0.509. The van der Waals surface area contributed by atoms with Gasteiger partial charge in [0.05, 0.1) is 0 Å². The molecule has 2 aliphatic carbocycles. The maximum absolute atomic E-state index is 5.98. The van der Waals surface area contributed by atoms with Crippen molar-refractivity contribution in [1.82, 2.24) is 10.6 Å². The third-order valence-corrected chi connectivity index (χ3v) is 4.73. The SMILES string of the molecule is CN=C(NCC1(c2ccc(Cl)cc2)CC1)NC1CC=CC1. The third kappa shape index (κ3) is 3.41. The summed E-state index contributed by atoms with van der Waals surface area (Å²) in [6.45, 7) is 0.925. The molecule has 1 aromatic carbocycles. The van der Waals surface area contributed by atoms with Crippen molar-refractivity contribution >= 4 is 17.6 Å². The van der Waals surface area contributed by atoms with Crippen LogP contribution in [0.4, 0.5) is 0 Å². The maximum atomic E-state index is 5.98. The van der Waals surface area contributed by atoms with Gasteiger partial charge in [-0.25, -0.2) is 0 Å². The summed E-state index contributed by atoms with van der Waals surface area (Å²) in [6, 6.07) is 8.74. The molecule has 1 saturated carbocycles. The number of halogens is 1. The summed E-state index contributed by atoms with van der Waals surface area (Å²) in [5.74, 6) is 0.906. The summed E-state index contributed by atoms with van der Waals surface area (Å²) >= 11 is 5.98. The van der Waals surface area contributed by atoms with Crippen LogP contribution in [0.25, 0.3) is 0 Å². The van der Waals surface area contributed by atoms with Crippen LogP contribution in [0.2, 0.25) is 5.02 Å². The van der Waals surface area contributed by atoms with Gasteiger partial charge in [0.15, 0.2) is 5.96 Å². The largest absolute Gasteiger partial charge is 0.356 e. The van der Waals surface area contributed by atoms with E-state index in [4.69, 9.17) is 11.6 Å². The van der Waals surface area contributed by atoms with Gasteiger partial charge >= 0.3 is 0 Å². The van der Waals surface area contributed by atoms with Crippen molar-refractivity contribution < 1.29 is 0 Å². The Balaban J connectivity index is 1.57. The van der Waals surface area contributed by atoms with Crippen molar-refractivity contribution in [3.8, 4) is 0 Å². The maximum Gasteiger partial charge on any atom is 0.191 e. The van der Waals surface area contributed by atoms with Gasteiger partial charge in [0.1, 0.15) is 0 Å². The van der Waals surface area contributed by atoms with E-state index in [0.717, 1.165) is 30.4 Å². The van der Waals surface area contributed by atoms with Crippen LogP contribution in [-0.2, 0) is 5.41 Å². The molecular formula is C17H22ClN3. The molecule has 0 aromatic heterocycles. The minimum absolute atomic E-state index is 0.260. The van der Waals surface area contributed by atoms with E-state index in [1.807, 2.05) is 19.2 Å². The number of nitrogens with zero attached hydrogens (tertiary/aromatic N) is 1. The Morgan fingerprint density at radius 1 is 1.24 bits per heavy atom. The molecule has 3 rings (SSSR count). The Hall–Kier alpha value is -1.48. The summed E-state index contributed by atoms with van der Waals surface area (Å²) in [6.07, 6.45) is 9.07. The van der Waals surface area contributed by atoms with Crippen LogP contribution in [0.5, 0.6) is 0 Å². The summed E-state index contributed by atoms with van der Waals surface area (Å²) in [7, 11) is 1.83. The highest BCUT2D eigenvalue weighted by molar-refractivity contribution is 6.30. The van der Waals surface area contributed by atoms with E-state index in [9.17, 15) is 0 Å². The molecule has 0 bridgehead atoms. The fourth-order valence-electron chi connectivity index (χ4n) is 2.90. The second kappa shape index (κ2) is 6.10. The second-order valence-electron chi connectivity index (χ2n) is 6.00. The van der Waals surface area contributed by atoms with Gasteiger partial charge in [-0.2, -0.15) is 0 Å². The Morgan fingerprint density at radius 3 is 2.48 bits per heavy atom. The normalized spacial score (nSPS) is 20.6. The first-order chi connectivity index (χ1) is 10.2. The minimum Gasteiger partial charge on any atom is -0.356 e. The zero-order valence-corrected chi connectivity index (χ0v) is 13.2. The van der Waals surface area contributed by atoms with E-state index in [2.05, 4.69) is 39.9 Å². The van der Waals surface area contributed by atoms with Gasteiger partial charge in [-0.3, -0.25) is 4.99 Å². The summed E-state index contributed by atoms with van der Waals surface area (Å²) in [4.78, 5) is 4.34. The zero-order chi connectivity index (χ0) is 14.7. The Bertz CT molecular complexity index is 536. The van der Waals surface area contributed by atoms with E-state index in [-0.39, 0.29) is 5.41 Å². The molecule has 0 radical (unpaired) electrons. The lowest BCUT2D eigenvalue weighted by atomic mass is 9.96. The highest BCUT2D eigenvalue weighted by Gasteiger charge is 2.44. The fourth-order valence-corrected chi connectivity index (χ4v) is 3.02. The molecule has 0 heterocycles. The van der Waals surface area contributed by atoms with E-state index >= 15 is 0 Å². The first-order valence-corrected chi connectivity index (χ1v) is 7.98. The van der Waals surface area contributed by atoms with Gasteiger partial charge < -0.3 is 10.6 Å². The van der Waals surface area contributed by atoms with E-state index in [1.54, 1.807) is 0 Å². The first-order valence-electron chi connectivity index (χ1n) is 7.60. The summed E-state index contributed by atoms with van der Waals surface area (Å²) in [5, 5.41) is 7.77. The number of hydrogen-bond acceptors (Lipinski definition) is 1. The van der Waals surface area contributed by atoms with Gasteiger partial charge in [0.2, 0.25) is 0 Å². The molecule has 2 N–H and O–H groups in total. The monoisotopic (exact) mass is 303 g/mol. The lowest BCUT2D eigenvalue weighted by Crippen LogP contribution is -2.45. The summed E-state index contributed by atoms with van der Waals surface area (Å²) in [5.41, 5.74) is 1.63. The third-order valence-electron chi connectivity index (χ3n) is 4.48. The number of hydrogen-bond donors (Lipinski definition) is 2. The van der Waals surface area contributed by atoms with Crippen LogP contribution in [0.15, 0.2) is 41.4 Å². The van der Waals surface area contributed by atoms with Gasteiger partial charge in [0, 0.05) is 30.1 Å². The lowest BCUT2D eigenvalue weighted by molar-refractivity contribution is 0.605. The number of benzene rings is 1. The minimum atomic E-state index is 0.260. The highest BCUT2D eigenvalue weighted by Crippen LogP contribution is 2.47. The van der Waals surface area contributed by atoms with Gasteiger partial charge in [0.25, 0.3) is 0 Å². The van der Waals surface area contributed by atoms with E-state index in [0.29, 0.717) is 6.04 Å². The van der Waals surface area contributed by atoms with E-state index < -0.39 is 0 Å². The molecule has 3 nitrogen and oxygen atoms in total. The molecule has 0 aliphatic heterocycles. The molecule has 21 heavy (non-hydrogen) atoms. The molecule has 0 amide bonds. The fraction of sp³-hybridized carbons (Fsp3) is 0.471. The molecule has 4 heteroatoms. The smallest absolute Gasteiger partial charge is 0.191 e. The van der Waals surface area contributed by atoms with Crippen molar-refractivity contribution in [1.29, 1.82) is 0 Å². The molecule has 112 valence electrons. The average molecular weight is 304 g/mol. The molecule has 0 spiro atoms. The van der Waals surface area contributed by atoms with E-state index in [1.165, 1.54) is 18.4 Å². The summed E-state index contributed by atoms with van der Waals surface area (Å²) < 4.78 is 0. The number of rotatable bonds is 4. The standard InChI is InChI=1S/C17H22ClN3/c1-19-16(21-15-4-2-3-5-15)20-12-17(10-11-17)13-6-8-14(18)9-7-13/h2-3,6-9,15H,4-5,10-12H2,1H3,(H2,19,20,21). The lowest BCUT2D eigenvalue weighted by Gasteiger charge is -2.21. The first kappa shape index (κ1) is 14.5. The van der Waals surface area contributed by atoms with Gasteiger partial charge in [-0.1, -0.05) is 35.9 Å². The molecule has 0 saturated heterocycles. The Morgan fingerprint density at radius 2 is 1.90 bits per heavy atom. The van der Waals surface area contributed by atoms with Gasteiger partial charge in [-0.15, -0.1) is 0 Å². The molecule has 1 aromatic rings. The molecule has 0 atom stereocenters. The van der Waals surface area contributed by atoms with Gasteiger partial charge in [-0.05, 0) is 43.4 Å². The second-order valence-corrected chi connectivity index (χ2v) is 6.43. The van der Waals surface area contributed by atoms with Crippen LogP contribution in [0.1, 0.15) is 31.2 Å². The number of aliphatic imine (C=N–C) groups is 1. The Kier molecular flexibility index (Phi) is 4.20. The van der Waals surface area contributed by atoms with Crippen LogP contribution in [0, 0.1) is 0 Å². The topological polar surface area (TPSA) is 36.4 Å². The van der Waals surface area contributed by atoms with Crippen LogP contribution >= 0.6 is 11.6 Å². The van der Waals surface area contributed by atoms with Crippen molar-refractivity contribution in [2.24, 2.45) is 4.99 Å². The van der Waals surface area contributed by atoms with Crippen molar-refractivity contribution in [3.05, 3.63) is 47.0 Å². The van der Waals surface area contributed by atoms with Crippen LogP contribution in [-0.4, -0.2) is 25.6 Å². The van der Waals surface area contributed by atoms with Crippen molar-refractivity contribution in [2.75, 3.05) is 13.6 Å².